The zero-order valence-corrected chi connectivity index (χ0v) is 7.89. The minimum Gasteiger partial charge on any atom is -0.398 e. The summed E-state index contributed by atoms with van der Waals surface area (Å²) in [7, 11) is 0. The van der Waals surface area contributed by atoms with E-state index in [1.54, 1.807) is 0 Å². The van der Waals surface area contributed by atoms with Gasteiger partial charge in [-0.3, -0.25) is 0 Å². The summed E-state index contributed by atoms with van der Waals surface area (Å²) in [6.45, 7) is 4.08. The van der Waals surface area contributed by atoms with E-state index in [0.29, 0.717) is 0 Å². The lowest BCUT2D eigenvalue weighted by atomic mass is 10.2. The first-order chi connectivity index (χ1) is 6.20. The van der Waals surface area contributed by atoms with E-state index < -0.39 is 0 Å². The summed E-state index contributed by atoms with van der Waals surface area (Å²) in [5.41, 5.74) is 9.72. The maximum absolute atomic E-state index is 5.78. The zero-order chi connectivity index (χ0) is 9.42. The van der Waals surface area contributed by atoms with E-state index in [-0.39, 0.29) is 0 Å². The SMILES string of the molecule is CCc1nc2cc(N)c(C)cc2[nH]1. The molecule has 0 amide bonds. The van der Waals surface area contributed by atoms with Gasteiger partial charge in [-0.05, 0) is 24.6 Å². The third-order valence-corrected chi connectivity index (χ3v) is 2.25. The molecular weight excluding hydrogens is 162 g/mol. The number of hydrogen-bond acceptors (Lipinski definition) is 2. The molecule has 3 N–H and O–H groups in total. The van der Waals surface area contributed by atoms with Crippen molar-refractivity contribution in [2.45, 2.75) is 20.3 Å². The van der Waals surface area contributed by atoms with Crippen LogP contribution < -0.4 is 5.73 Å². The molecule has 3 nitrogen and oxygen atoms in total. The van der Waals surface area contributed by atoms with Crippen molar-refractivity contribution in [1.29, 1.82) is 0 Å². The molecule has 0 aliphatic carbocycles. The Balaban J connectivity index is 2.70. The van der Waals surface area contributed by atoms with Crippen LogP contribution in [0.2, 0.25) is 0 Å². The minimum absolute atomic E-state index is 0.807. The molecule has 1 aromatic carbocycles. The van der Waals surface area contributed by atoms with Crippen molar-refractivity contribution in [2.75, 3.05) is 5.73 Å². The van der Waals surface area contributed by atoms with E-state index in [1.807, 2.05) is 19.1 Å². The van der Waals surface area contributed by atoms with Crippen LogP contribution in [-0.4, -0.2) is 9.97 Å². The molecule has 2 aromatic rings. The number of nitrogen functional groups attached to an aromatic ring is 1. The van der Waals surface area contributed by atoms with E-state index >= 15 is 0 Å². The molecule has 0 saturated carbocycles. The average Bonchev–Trinajstić information content (AvgIpc) is 2.48. The van der Waals surface area contributed by atoms with Crippen LogP contribution in [0.4, 0.5) is 5.69 Å². The quantitative estimate of drug-likeness (QED) is 0.651. The third kappa shape index (κ3) is 1.26. The Labute approximate surface area is 77.0 Å². The summed E-state index contributed by atoms with van der Waals surface area (Å²) < 4.78 is 0. The van der Waals surface area contributed by atoms with E-state index in [9.17, 15) is 0 Å². The second-order valence-electron chi connectivity index (χ2n) is 3.26. The number of H-pyrrole nitrogens is 1. The van der Waals surface area contributed by atoms with Gasteiger partial charge < -0.3 is 10.7 Å². The van der Waals surface area contributed by atoms with Crippen molar-refractivity contribution in [1.82, 2.24) is 9.97 Å². The molecule has 0 aliphatic heterocycles. The van der Waals surface area contributed by atoms with E-state index in [0.717, 1.165) is 34.5 Å². The molecule has 0 radical (unpaired) electrons. The molecule has 0 fully saturated rings. The Morgan fingerprint density at radius 3 is 2.92 bits per heavy atom. The van der Waals surface area contributed by atoms with Gasteiger partial charge in [-0.1, -0.05) is 6.92 Å². The van der Waals surface area contributed by atoms with Gasteiger partial charge in [0.25, 0.3) is 0 Å². The molecule has 1 heterocycles. The number of aromatic nitrogens is 2. The fourth-order valence-corrected chi connectivity index (χ4v) is 1.40. The molecule has 0 atom stereocenters. The summed E-state index contributed by atoms with van der Waals surface area (Å²) in [6.07, 6.45) is 0.924. The van der Waals surface area contributed by atoms with Gasteiger partial charge in [0.2, 0.25) is 0 Å². The van der Waals surface area contributed by atoms with Crippen molar-refractivity contribution in [2.24, 2.45) is 0 Å². The highest BCUT2D eigenvalue weighted by atomic mass is 14.9. The standard InChI is InChI=1S/C10H13N3/c1-3-10-12-8-4-6(2)7(11)5-9(8)13-10/h4-5H,3,11H2,1-2H3,(H,12,13). The van der Waals surface area contributed by atoms with Crippen molar-refractivity contribution >= 4 is 16.7 Å². The lowest BCUT2D eigenvalue weighted by Crippen LogP contribution is -1.88. The van der Waals surface area contributed by atoms with Gasteiger partial charge in [0.1, 0.15) is 5.82 Å². The largest absolute Gasteiger partial charge is 0.398 e. The monoisotopic (exact) mass is 175 g/mol. The van der Waals surface area contributed by atoms with E-state index in [4.69, 9.17) is 5.73 Å². The first kappa shape index (κ1) is 8.10. The van der Waals surface area contributed by atoms with Crippen LogP contribution in [0.3, 0.4) is 0 Å². The Bertz CT molecular complexity index is 404. The average molecular weight is 175 g/mol. The van der Waals surface area contributed by atoms with Crippen molar-refractivity contribution < 1.29 is 0 Å². The van der Waals surface area contributed by atoms with E-state index in [1.165, 1.54) is 0 Å². The number of aromatic amines is 1. The lowest BCUT2D eigenvalue weighted by Gasteiger charge is -1.97. The van der Waals surface area contributed by atoms with Crippen LogP contribution in [0.1, 0.15) is 18.3 Å². The topological polar surface area (TPSA) is 54.7 Å². The van der Waals surface area contributed by atoms with Crippen LogP contribution in [0.5, 0.6) is 0 Å². The number of benzene rings is 1. The lowest BCUT2D eigenvalue weighted by molar-refractivity contribution is 1.00. The number of anilines is 1. The van der Waals surface area contributed by atoms with Gasteiger partial charge in [-0.15, -0.1) is 0 Å². The Morgan fingerprint density at radius 2 is 2.23 bits per heavy atom. The number of fused-ring (bicyclic) bond motifs is 1. The van der Waals surface area contributed by atoms with Crippen molar-refractivity contribution in [3.8, 4) is 0 Å². The van der Waals surface area contributed by atoms with Crippen LogP contribution in [0.25, 0.3) is 11.0 Å². The molecule has 0 unspecified atom stereocenters. The molecule has 13 heavy (non-hydrogen) atoms. The highest BCUT2D eigenvalue weighted by Crippen LogP contribution is 2.19. The maximum atomic E-state index is 5.78. The van der Waals surface area contributed by atoms with Crippen molar-refractivity contribution in [3.63, 3.8) is 0 Å². The van der Waals surface area contributed by atoms with E-state index in [2.05, 4.69) is 16.9 Å². The van der Waals surface area contributed by atoms with Gasteiger partial charge in [0.05, 0.1) is 11.0 Å². The summed E-state index contributed by atoms with van der Waals surface area (Å²) in [5.74, 6) is 1.01. The summed E-state index contributed by atoms with van der Waals surface area (Å²) in [4.78, 5) is 7.64. The summed E-state index contributed by atoms with van der Waals surface area (Å²) >= 11 is 0. The number of aryl methyl sites for hydroxylation is 2. The van der Waals surface area contributed by atoms with Crippen LogP contribution >= 0.6 is 0 Å². The second-order valence-corrected chi connectivity index (χ2v) is 3.26. The highest BCUT2D eigenvalue weighted by molar-refractivity contribution is 5.80. The minimum atomic E-state index is 0.807. The maximum Gasteiger partial charge on any atom is 0.106 e. The first-order valence-corrected chi connectivity index (χ1v) is 4.45. The molecule has 0 bridgehead atoms. The summed E-state index contributed by atoms with van der Waals surface area (Å²) in [6, 6.07) is 3.96. The number of nitrogens with zero attached hydrogens (tertiary/aromatic N) is 1. The molecule has 0 saturated heterocycles. The predicted octanol–water partition coefficient (Wildman–Crippen LogP) is 2.02. The van der Waals surface area contributed by atoms with Gasteiger partial charge in [-0.25, -0.2) is 4.98 Å². The molecule has 1 aromatic heterocycles. The van der Waals surface area contributed by atoms with Gasteiger partial charge in [-0.2, -0.15) is 0 Å². The molecule has 3 heteroatoms. The number of imidazole rings is 1. The second kappa shape index (κ2) is 2.76. The van der Waals surface area contributed by atoms with Crippen molar-refractivity contribution in [3.05, 3.63) is 23.5 Å². The van der Waals surface area contributed by atoms with Crippen LogP contribution in [-0.2, 0) is 6.42 Å². The first-order valence-electron chi connectivity index (χ1n) is 4.45. The third-order valence-electron chi connectivity index (χ3n) is 2.25. The zero-order valence-electron chi connectivity index (χ0n) is 7.89. The Morgan fingerprint density at radius 1 is 1.46 bits per heavy atom. The Hall–Kier alpha value is -1.51. The number of nitrogens with two attached hydrogens (primary N) is 1. The number of rotatable bonds is 1. The molecule has 68 valence electrons. The summed E-state index contributed by atoms with van der Waals surface area (Å²) in [5, 5.41) is 0. The number of nitrogens with one attached hydrogen (secondary N) is 1. The molecule has 2 rings (SSSR count). The smallest absolute Gasteiger partial charge is 0.106 e. The van der Waals surface area contributed by atoms with Gasteiger partial charge >= 0.3 is 0 Å². The normalized spacial score (nSPS) is 10.9. The Kier molecular flexibility index (Phi) is 1.72. The van der Waals surface area contributed by atoms with Gasteiger partial charge in [0.15, 0.2) is 0 Å². The van der Waals surface area contributed by atoms with Crippen LogP contribution in [0, 0.1) is 6.92 Å². The van der Waals surface area contributed by atoms with Gasteiger partial charge in [0, 0.05) is 12.1 Å². The molecule has 0 spiro atoms. The predicted molar refractivity (Wildman–Crippen MR) is 54.6 cm³/mol. The fourth-order valence-electron chi connectivity index (χ4n) is 1.40. The molecular formula is C10H13N3. The highest BCUT2D eigenvalue weighted by Gasteiger charge is 2.02. The molecule has 0 aliphatic rings. The fraction of sp³-hybridized carbons (Fsp3) is 0.300. The van der Waals surface area contributed by atoms with Crippen LogP contribution in [0.15, 0.2) is 12.1 Å². The number of hydrogen-bond donors (Lipinski definition) is 2.